The van der Waals surface area contributed by atoms with Gasteiger partial charge in [-0.05, 0) is 31.6 Å². The summed E-state index contributed by atoms with van der Waals surface area (Å²) in [4.78, 5) is 24.8. The van der Waals surface area contributed by atoms with E-state index in [-0.39, 0.29) is 41.9 Å². The molecule has 2 amide bonds. The second-order valence-corrected chi connectivity index (χ2v) is 9.28. The van der Waals surface area contributed by atoms with E-state index < -0.39 is 16.1 Å². The maximum atomic E-state index is 12.5. The average molecular weight is 372 g/mol. The van der Waals surface area contributed by atoms with Gasteiger partial charge in [0.25, 0.3) is 0 Å². The van der Waals surface area contributed by atoms with Crippen LogP contribution < -0.4 is 20.7 Å². The van der Waals surface area contributed by atoms with Crippen molar-refractivity contribution in [2.75, 3.05) is 31.9 Å². The summed E-state index contributed by atoms with van der Waals surface area (Å²) in [7, 11) is -3.22. The second-order valence-electron chi connectivity index (χ2n) is 7.35. The van der Waals surface area contributed by atoms with E-state index in [0.29, 0.717) is 25.9 Å². The molecule has 4 unspecified atom stereocenters. The highest BCUT2D eigenvalue weighted by molar-refractivity contribution is 7.89. The molecule has 4 atom stereocenters. The molecular formula is C16H28N4O4S. The molecule has 0 spiro atoms. The molecule has 3 fully saturated rings. The number of carbonyl (C=O) groups excluding carboxylic acids is 2. The zero-order chi connectivity index (χ0) is 17.9. The largest absolute Gasteiger partial charge is 0.356 e. The van der Waals surface area contributed by atoms with Crippen molar-refractivity contribution in [3.05, 3.63) is 0 Å². The first kappa shape index (κ1) is 18.6. The van der Waals surface area contributed by atoms with E-state index in [4.69, 9.17) is 0 Å². The van der Waals surface area contributed by atoms with Crippen molar-refractivity contribution in [1.82, 2.24) is 20.7 Å². The van der Waals surface area contributed by atoms with Gasteiger partial charge in [0.1, 0.15) is 0 Å². The molecule has 4 N–H and O–H groups in total. The third-order valence-corrected chi connectivity index (χ3v) is 7.03. The van der Waals surface area contributed by atoms with E-state index in [9.17, 15) is 18.0 Å². The Morgan fingerprint density at radius 1 is 0.840 bits per heavy atom. The van der Waals surface area contributed by atoms with Crippen LogP contribution in [0.4, 0.5) is 0 Å². The molecule has 0 aliphatic carbocycles. The van der Waals surface area contributed by atoms with Crippen molar-refractivity contribution in [3.8, 4) is 0 Å². The zero-order valence-electron chi connectivity index (χ0n) is 14.4. The van der Waals surface area contributed by atoms with Gasteiger partial charge in [-0.3, -0.25) is 9.59 Å². The molecule has 3 aliphatic heterocycles. The number of carbonyl (C=O) groups is 2. The van der Waals surface area contributed by atoms with Crippen molar-refractivity contribution in [2.24, 2.45) is 17.8 Å². The molecule has 0 radical (unpaired) electrons. The van der Waals surface area contributed by atoms with E-state index in [1.54, 1.807) is 0 Å². The summed E-state index contributed by atoms with van der Waals surface area (Å²) in [6.45, 7) is 2.08. The number of nitrogens with one attached hydrogen (secondary N) is 4. The highest BCUT2D eigenvalue weighted by Gasteiger charge is 2.37. The summed E-state index contributed by atoms with van der Waals surface area (Å²) >= 11 is 0. The van der Waals surface area contributed by atoms with Crippen molar-refractivity contribution in [2.45, 2.75) is 38.1 Å². The van der Waals surface area contributed by atoms with E-state index in [0.717, 1.165) is 25.8 Å². The van der Waals surface area contributed by atoms with Crippen LogP contribution in [0.5, 0.6) is 0 Å². The Labute approximate surface area is 148 Å². The number of hydrogen-bond acceptors (Lipinski definition) is 5. The van der Waals surface area contributed by atoms with E-state index in [1.807, 2.05) is 0 Å². The van der Waals surface area contributed by atoms with Crippen LogP contribution in [0, 0.1) is 17.8 Å². The summed E-state index contributed by atoms with van der Waals surface area (Å²) in [5.41, 5.74) is 0. The fourth-order valence-electron chi connectivity index (χ4n) is 4.09. The van der Waals surface area contributed by atoms with Gasteiger partial charge in [-0.2, -0.15) is 0 Å². The lowest BCUT2D eigenvalue weighted by Crippen LogP contribution is -2.49. The monoisotopic (exact) mass is 372 g/mol. The molecule has 9 heteroatoms. The Bertz CT molecular complexity index is 609. The minimum absolute atomic E-state index is 0.0644. The maximum Gasteiger partial charge on any atom is 0.237 e. The zero-order valence-corrected chi connectivity index (χ0v) is 15.2. The third-order valence-electron chi connectivity index (χ3n) is 5.59. The Morgan fingerprint density at radius 2 is 1.68 bits per heavy atom. The van der Waals surface area contributed by atoms with Crippen LogP contribution in [-0.2, 0) is 19.6 Å². The third kappa shape index (κ3) is 4.71. The van der Waals surface area contributed by atoms with Crippen molar-refractivity contribution in [1.29, 1.82) is 0 Å². The minimum atomic E-state index is -3.22. The molecule has 0 aromatic rings. The van der Waals surface area contributed by atoms with E-state index >= 15 is 0 Å². The normalized spacial score (nSPS) is 37.1. The van der Waals surface area contributed by atoms with Gasteiger partial charge >= 0.3 is 0 Å². The van der Waals surface area contributed by atoms with Gasteiger partial charge in [0.05, 0.1) is 11.8 Å². The number of hydrogen-bond donors (Lipinski definition) is 4. The fourth-order valence-corrected chi connectivity index (χ4v) is 5.25. The van der Waals surface area contributed by atoms with Gasteiger partial charge in [-0.25, -0.2) is 13.1 Å². The van der Waals surface area contributed by atoms with Crippen LogP contribution in [0.25, 0.3) is 0 Å². The van der Waals surface area contributed by atoms with Crippen LogP contribution in [0.2, 0.25) is 0 Å². The second kappa shape index (κ2) is 8.01. The summed E-state index contributed by atoms with van der Waals surface area (Å²) in [6, 6.07) is -0.417. The van der Waals surface area contributed by atoms with Gasteiger partial charge in [0, 0.05) is 38.0 Å². The predicted molar refractivity (Wildman–Crippen MR) is 93.2 cm³/mol. The summed E-state index contributed by atoms with van der Waals surface area (Å²) in [5.74, 6) is 0.0138. The average Bonchev–Trinajstić information content (AvgIpc) is 2.96. The van der Waals surface area contributed by atoms with Crippen LogP contribution in [0.15, 0.2) is 0 Å². The lowest BCUT2D eigenvalue weighted by molar-refractivity contribution is -0.127. The highest BCUT2D eigenvalue weighted by atomic mass is 32.2. The smallest absolute Gasteiger partial charge is 0.237 e. The standard InChI is InChI=1S/C16H28N4O4S/c21-15-13(5-1-2-6-17-15)12-8-18-14(16(22)19-9-12)11-4-3-7-25(23,24)20-10-11/h11-14,18,20H,1-10H2,(H,17,21)(H,19,22). The molecule has 0 saturated carbocycles. The first-order chi connectivity index (χ1) is 12.0. The van der Waals surface area contributed by atoms with Crippen molar-refractivity contribution >= 4 is 21.8 Å². The quantitative estimate of drug-likeness (QED) is 0.493. The summed E-state index contributed by atoms with van der Waals surface area (Å²) < 4.78 is 26.0. The topological polar surface area (TPSA) is 116 Å². The molecule has 3 heterocycles. The van der Waals surface area contributed by atoms with Gasteiger partial charge in [0.2, 0.25) is 21.8 Å². The number of rotatable bonds is 2. The molecule has 3 aliphatic rings. The SMILES string of the molecule is O=C1NCCCCC1C1CNC(=O)C(C2CCCS(=O)(=O)NC2)NC1. The molecule has 3 rings (SSSR count). The molecule has 0 aromatic heterocycles. The Hall–Kier alpha value is -1.19. The fraction of sp³-hybridized carbons (Fsp3) is 0.875. The molecule has 0 bridgehead atoms. The lowest BCUT2D eigenvalue weighted by atomic mass is 9.87. The summed E-state index contributed by atoms with van der Waals surface area (Å²) in [6.07, 6.45) is 4.11. The lowest BCUT2D eigenvalue weighted by Gasteiger charge is -2.25. The maximum absolute atomic E-state index is 12.5. The van der Waals surface area contributed by atoms with Crippen LogP contribution in [-0.4, -0.2) is 58.2 Å². The van der Waals surface area contributed by atoms with Crippen molar-refractivity contribution in [3.63, 3.8) is 0 Å². The van der Waals surface area contributed by atoms with Gasteiger partial charge < -0.3 is 16.0 Å². The van der Waals surface area contributed by atoms with Crippen LogP contribution in [0.1, 0.15) is 32.1 Å². The molecule has 3 saturated heterocycles. The minimum Gasteiger partial charge on any atom is -0.356 e. The van der Waals surface area contributed by atoms with Crippen molar-refractivity contribution < 1.29 is 18.0 Å². The highest BCUT2D eigenvalue weighted by Crippen LogP contribution is 2.24. The Balaban J connectivity index is 1.64. The van der Waals surface area contributed by atoms with E-state index in [2.05, 4.69) is 20.7 Å². The number of amides is 2. The molecular weight excluding hydrogens is 344 g/mol. The van der Waals surface area contributed by atoms with Crippen LogP contribution in [0.3, 0.4) is 0 Å². The molecule has 0 aromatic carbocycles. The molecule has 8 nitrogen and oxygen atoms in total. The summed E-state index contributed by atoms with van der Waals surface area (Å²) in [5, 5.41) is 9.24. The number of sulfonamides is 1. The van der Waals surface area contributed by atoms with E-state index in [1.165, 1.54) is 0 Å². The Morgan fingerprint density at radius 3 is 2.52 bits per heavy atom. The first-order valence-corrected chi connectivity index (χ1v) is 10.9. The van der Waals surface area contributed by atoms with Gasteiger partial charge in [-0.1, -0.05) is 6.42 Å². The van der Waals surface area contributed by atoms with Gasteiger partial charge in [-0.15, -0.1) is 0 Å². The molecule has 25 heavy (non-hydrogen) atoms. The predicted octanol–water partition coefficient (Wildman–Crippen LogP) is -1.06. The van der Waals surface area contributed by atoms with Crippen LogP contribution >= 0.6 is 0 Å². The molecule has 142 valence electrons. The van der Waals surface area contributed by atoms with Gasteiger partial charge in [0.15, 0.2) is 0 Å². The Kier molecular flexibility index (Phi) is 5.96. The first-order valence-electron chi connectivity index (χ1n) is 9.22.